The summed E-state index contributed by atoms with van der Waals surface area (Å²) in [6, 6.07) is 13.6. The van der Waals surface area contributed by atoms with E-state index in [2.05, 4.69) is 20.2 Å². The molecule has 1 fully saturated rings. The molecule has 8 heteroatoms. The summed E-state index contributed by atoms with van der Waals surface area (Å²) in [6.45, 7) is 3.53. The molecule has 35 heavy (non-hydrogen) atoms. The van der Waals surface area contributed by atoms with E-state index in [-0.39, 0.29) is 5.91 Å². The minimum absolute atomic E-state index is 0.0365. The smallest absolute Gasteiger partial charge is 0.220 e. The van der Waals surface area contributed by atoms with Crippen LogP contribution in [-0.2, 0) is 17.8 Å². The van der Waals surface area contributed by atoms with Gasteiger partial charge in [0.2, 0.25) is 5.91 Å². The van der Waals surface area contributed by atoms with Crippen LogP contribution in [0.2, 0.25) is 10.0 Å². The van der Waals surface area contributed by atoms with Gasteiger partial charge in [-0.25, -0.2) is 9.97 Å². The van der Waals surface area contributed by atoms with Gasteiger partial charge in [-0.2, -0.15) is 0 Å². The van der Waals surface area contributed by atoms with E-state index in [0.717, 1.165) is 54.9 Å². The number of ether oxygens (including phenoxy) is 1. The highest BCUT2D eigenvalue weighted by Gasteiger charge is 2.20. The highest BCUT2D eigenvalue weighted by Crippen LogP contribution is 2.25. The van der Waals surface area contributed by atoms with Crippen LogP contribution in [0.3, 0.4) is 0 Å². The molecule has 0 radical (unpaired) electrons. The molecule has 6 nitrogen and oxygen atoms in total. The fourth-order valence-corrected chi connectivity index (χ4v) is 4.67. The molecule has 1 aliphatic heterocycles. The Morgan fingerprint density at radius 1 is 1.09 bits per heavy atom. The number of carbonyl (C=O) groups excluding carboxylic acids is 1. The average molecular weight is 513 g/mol. The van der Waals surface area contributed by atoms with Crippen LogP contribution in [0.5, 0.6) is 5.75 Å². The number of benzene rings is 2. The van der Waals surface area contributed by atoms with Crippen molar-refractivity contribution >= 4 is 29.1 Å². The zero-order valence-corrected chi connectivity index (χ0v) is 21.4. The molecule has 2 aromatic carbocycles. The van der Waals surface area contributed by atoms with E-state index in [1.807, 2.05) is 42.5 Å². The number of aromatic nitrogens is 2. The lowest BCUT2D eigenvalue weighted by atomic mass is 9.97. The summed E-state index contributed by atoms with van der Waals surface area (Å²) in [6.07, 6.45) is 6.73. The van der Waals surface area contributed by atoms with Crippen LogP contribution in [0.1, 0.15) is 30.7 Å². The van der Waals surface area contributed by atoms with Crippen molar-refractivity contribution in [1.29, 1.82) is 0 Å². The number of piperidine rings is 1. The predicted octanol–water partition coefficient (Wildman–Crippen LogP) is 5.42. The molecule has 1 aliphatic rings. The summed E-state index contributed by atoms with van der Waals surface area (Å²) in [5.41, 5.74) is 3.11. The van der Waals surface area contributed by atoms with Crippen molar-refractivity contribution in [2.75, 3.05) is 26.7 Å². The number of methoxy groups -OCH3 is 1. The minimum Gasteiger partial charge on any atom is -0.497 e. The molecule has 1 amide bonds. The Bertz CT molecular complexity index is 1120. The van der Waals surface area contributed by atoms with Crippen molar-refractivity contribution in [3.8, 4) is 16.9 Å². The third-order valence-electron chi connectivity index (χ3n) is 6.29. The molecule has 1 N–H and O–H groups in total. The standard InChI is InChI=1S/C27H30Cl2N4O2/c1-35-23-7-5-21(6-8-23)22-15-30-26(31-16-22)10-11-27(34)32-14-20-3-2-12-33(18-20)17-19-4-9-24(28)25(29)13-19/h4-9,13,15-16,20H,2-3,10-12,14,17-18H2,1H3,(H,32,34). The molecular formula is C27H30Cl2N4O2. The molecular weight excluding hydrogens is 483 g/mol. The first kappa shape index (κ1) is 25.4. The van der Waals surface area contributed by atoms with E-state index in [9.17, 15) is 4.79 Å². The third-order valence-corrected chi connectivity index (χ3v) is 7.02. The second-order valence-electron chi connectivity index (χ2n) is 8.91. The molecule has 4 rings (SSSR count). The Hall–Kier alpha value is -2.67. The van der Waals surface area contributed by atoms with Gasteiger partial charge < -0.3 is 10.1 Å². The molecule has 184 valence electrons. The lowest BCUT2D eigenvalue weighted by Crippen LogP contribution is -2.40. The van der Waals surface area contributed by atoms with Gasteiger partial charge in [-0.05, 0) is 60.7 Å². The van der Waals surface area contributed by atoms with Crippen LogP contribution in [-0.4, -0.2) is 47.5 Å². The van der Waals surface area contributed by atoms with E-state index in [1.54, 1.807) is 19.5 Å². The minimum atomic E-state index is 0.0365. The molecule has 1 saturated heterocycles. The van der Waals surface area contributed by atoms with E-state index < -0.39 is 0 Å². The van der Waals surface area contributed by atoms with Gasteiger partial charge in [-0.15, -0.1) is 0 Å². The zero-order valence-electron chi connectivity index (χ0n) is 19.8. The number of aryl methyl sites for hydroxylation is 1. The van der Waals surface area contributed by atoms with Crippen LogP contribution in [0.4, 0.5) is 0 Å². The molecule has 0 spiro atoms. The van der Waals surface area contributed by atoms with Crippen molar-refractivity contribution < 1.29 is 9.53 Å². The number of carbonyl (C=O) groups is 1. The summed E-state index contributed by atoms with van der Waals surface area (Å²) in [7, 11) is 1.65. The van der Waals surface area contributed by atoms with E-state index in [0.29, 0.717) is 41.2 Å². The second-order valence-corrected chi connectivity index (χ2v) is 9.73. The number of halogens is 2. The van der Waals surface area contributed by atoms with Crippen LogP contribution in [0, 0.1) is 5.92 Å². The van der Waals surface area contributed by atoms with Crippen molar-refractivity contribution in [1.82, 2.24) is 20.2 Å². The van der Waals surface area contributed by atoms with Crippen molar-refractivity contribution in [3.63, 3.8) is 0 Å². The van der Waals surface area contributed by atoms with Gasteiger partial charge in [0.15, 0.2) is 0 Å². The first-order chi connectivity index (χ1) is 17.0. The third kappa shape index (κ3) is 7.40. The number of likely N-dealkylation sites (tertiary alicyclic amines) is 1. The SMILES string of the molecule is COc1ccc(-c2cnc(CCC(=O)NCC3CCCN(Cc4ccc(Cl)c(Cl)c4)C3)nc2)cc1. The van der Waals surface area contributed by atoms with Gasteiger partial charge in [0, 0.05) is 50.4 Å². The maximum absolute atomic E-state index is 12.4. The highest BCUT2D eigenvalue weighted by molar-refractivity contribution is 6.42. The lowest BCUT2D eigenvalue weighted by Gasteiger charge is -2.33. The van der Waals surface area contributed by atoms with Gasteiger partial charge >= 0.3 is 0 Å². The summed E-state index contributed by atoms with van der Waals surface area (Å²) in [5.74, 6) is 1.96. The Morgan fingerprint density at radius 3 is 2.57 bits per heavy atom. The molecule has 0 saturated carbocycles. The number of amides is 1. The molecule has 3 aromatic rings. The monoisotopic (exact) mass is 512 g/mol. The van der Waals surface area contributed by atoms with Gasteiger partial charge in [0.1, 0.15) is 11.6 Å². The first-order valence-electron chi connectivity index (χ1n) is 11.9. The predicted molar refractivity (Wildman–Crippen MR) is 140 cm³/mol. The second kappa shape index (κ2) is 12.3. The molecule has 0 aliphatic carbocycles. The number of nitrogens with one attached hydrogen (secondary N) is 1. The van der Waals surface area contributed by atoms with Crippen LogP contribution >= 0.6 is 23.2 Å². The van der Waals surface area contributed by atoms with Crippen LogP contribution in [0.25, 0.3) is 11.1 Å². The van der Waals surface area contributed by atoms with E-state index >= 15 is 0 Å². The number of nitrogens with zero attached hydrogens (tertiary/aromatic N) is 3. The Labute approximate surface area is 216 Å². The summed E-state index contributed by atoms with van der Waals surface area (Å²) < 4.78 is 5.19. The Morgan fingerprint density at radius 2 is 1.86 bits per heavy atom. The lowest BCUT2D eigenvalue weighted by molar-refractivity contribution is -0.121. The molecule has 1 unspecified atom stereocenters. The van der Waals surface area contributed by atoms with Gasteiger partial charge in [-0.1, -0.05) is 41.4 Å². The van der Waals surface area contributed by atoms with Gasteiger partial charge in [-0.3, -0.25) is 9.69 Å². The molecule has 1 aromatic heterocycles. The fraction of sp³-hybridized carbons (Fsp3) is 0.370. The maximum atomic E-state index is 12.4. The first-order valence-corrected chi connectivity index (χ1v) is 12.6. The summed E-state index contributed by atoms with van der Waals surface area (Å²) in [4.78, 5) is 23.7. The Balaban J connectivity index is 1.19. The van der Waals surface area contributed by atoms with Crippen molar-refractivity contribution in [3.05, 3.63) is 76.3 Å². The summed E-state index contributed by atoms with van der Waals surface area (Å²) in [5, 5.41) is 4.26. The molecule has 2 heterocycles. The number of hydrogen-bond donors (Lipinski definition) is 1. The Kier molecular flexibility index (Phi) is 8.96. The topological polar surface area (TPSA) is 67.3 Å². The van der Waals surface area contributed by atoms with E-state index in [1.165, 1.54) is 0 Å². The average Bonchev–Trinajstić information content (AvgIpc) is 2.89. The maximum Gasteiger partial charge on any atom is 0.220 e. The number of hydrogen-bond acceptors (Lipinski definition) is 5. The fourth-order valence-electron chi connectivity index (χ4n) is 4.35. The molecule has 0 bridgehead atoms. The quantitative estimate of drug-likeness (QED) is 0.414. The van der Waals surface area contributed by atoms with E-state index in [4.69, 9.17) is 27.9 Å². The largest absolute Gasteiger partial charge is 0.497 e. The van der Waals surface area contributed by atoms with Crippen molar-refractivity contribution in [2.24, 2.45) is 5.92 Å². The van der Waals surface area contributed by atoms with Crippen molar-refractivity contribution in [2.45, 2.75) is 32.2 Å². The highest BCUT2D eigenvalue weighted by atomic mass is 35.5. The number of rotatable bonds is 9. The summed E-state index contributed by atoms with van der Waals surface area (Å²) >= 11 is 12.2. The normalized spacial score (nSPS) is 16.1. The van der Waals surface area contributed by atoms with Crippen LogP contribution < -0.4 is 10.1 Å². The zero-order chi connectivity index (χ0) is 24.6. The van der Waals surface area contributed by atoms with Gasteiger partial charge in [0.25, 0.3) is 0 Å². The molecule has 1 atom stereocenters. The van der Waals surface area contributed by atoms with Crippen LogP contribution in [0.15, 0.2) is 54.9 Å². The van der Waals surface area contributed by atoms with Gasteiger partial charge in [0.05, 0.1) is 17.2 Å².